The number of hydrogen-bond acceptors (Lipinski definition) is 5. The topological polar surface area (TPSA) is 86.6 Å². The summed E-state index contributed by atoms with van der Waals surface area (Å²) >= 11 is 0. The van der Waals surface area contributed by atoms with Gasteiger partial charge in [0.05, 0.1) is 29.3 Å². The Morgan fingerprint density at radius 3 is 2.50 bits per heavy atom. The Kier molecular flexibility index (Phi) is 5.91. The monoisotopic (exact) mass is 305 g/mol. The van der Waals surface area contributed by atoms with E-state index in [1.54, 1.807) is 0 Å². The van der Waals surface area contributed by atoms with E-state index in [1.807, 2.05) is 6.92 Å². The summed E-state index contributed by atoms with van der Waals surface area (Å²) in [5.74, 6) is -0.741. The third-order valence-corrected chi connectivity index (χ3v) is 4.07. The quantitative estimate of drug-likeness (QED) is 0.704. The first-order chi connectivity index (χ1) is 9.29. The zero-order valence-corrected chi connectivity index (χ0v) is 12.3. The standard InChI is InChI=1S/C13H20FNO4S/c1-3-4-13(17)12(8-16)15-11-6-5-9(7-10(11)14)20(2,18)19/h5-7,12-13,15-17H,3-4,8H2,1-2H3. The number of rotatable bonds is 7. The van der Waals surface area contributed by atoms with Crippen molar-refractivity contribution in [1.82, 2.24) is 0 Å². The molecule has 0 amide bonds. The second-order valence-corrected chi connectivity index (χ2v) is 6.72. The summed E-state index contributed by atoms with van der Waals surface area (Å²) in [6, 6.07) is 2.78. The molecule has 0 aliphatic heterocycles. The maximum Gasteiger partial charge on any atom is 0.175 e. The SMILES string of the molecule is CCCC(O)C(CO)Nc1ccc(S(C)(=O)=O)cc1F. The zero-order valence-electron chi connectivity index (χ0n) is 11.5. The summed E-state index contributed by atoms with van der Waals surface area (Å²) in [6.07, 6.45) is 1.39. The third kappa shape index (κ3) is 4.43. The minimum absolute atomic E-state index is 0.0478. The fraction of sp³-hybridized carbons (Fsp3) is 0.538. The van der Waals surface area contributed by atoms with Gasteiger partial charge >= 0.3 is 0 Å². The summed E-state index contributed by atoms with van der Waals surface area (Å²) in [4.78, 5) is -0.116. The molecule has 1 rings (SSSR count). The molecule has 0 heterocycles. The van der Waals surface area contributed by atoms with Crippen LogP contribution in [0.1, 0.15) is 19.8 Å². The summed E-state index contributed by atoms with van der Waals surface area (Å²) in [6.45, 7) is 1.54. The minimum Gasteiger partial charge on any atom is -0.394 e. The number of halogens is 1. The highest BCUT2D eigenvalue weighted by atomic mass is 32.2. The van der Waals surface area contributed by atoms with Gasteiger partial charge in [0.15, 0.2) is 9.84 Å². The normalized spacial score (nSPS) is 14.8. The van der Waals surface area contributed by atoms with Crippen LogP contribution in [0.15, 0.2) is 23.1 Å². The van der Waals surface area contributed by atoms with Crippen molar-refractivity contribution in [2.45, 2.75) is 36.8 Å². The highest BCUT2D eigenvalue weighted by Crippen LogP contribution is 2.20. The lowest BCUT2D eigenvalue weighted by Gasteiger charge is -2.23. The van der Waals surface area contributed by atoms with E-state index >= 15 is 0 Å². The molecule has 0 radical (unpaired) electrons. The molecule has 0 fully saturated rings. The molecule has 3 N–H and O–H groups in total. The van der Waals surface area contributed by atoms with Crippen LogP contribution in [0, 0.1) is 5.82 Å². The van der Waals surface area contributed by atoms with Gasteiger partial charge in [0.25, 0.3) is 0 Å². The van der Waals surface area contributed by atoms with Gasteiger partial charge in [0.1, 0.15) is 5.82 Å². The van der Waals surface area contributed by atoms with E-state index < -0.39 is 27.8 Å². The van der Waals surface area contributed by atoms with E-state index in [0.29, 0.717) is 6.42 Å². The highest BCUT2D eigenvalue weighted by molar-refractivity contribution is 7.90. The lowest BCUT2D eigenvalue weighted by molar-refractivity contribution is 0.109. The molecule has 1 aromatic rings. The average Bonchev–Trinajstić information content (AvgIpc) is 2.36. The summed E-state index contributed by atoms with van der Waals surface area (Å²) in [5.41, 5.74) is 0.0478. The van der Waals surface area contributed by atoms with Crippen LogP contribution in [0.5, 0.6) is 0 Å². The highest BCUT2D eigenvalue weighted by Gasteiger charge is 2.19. The number of sulfone groups is 1. The van der Waals surface area contributed by atoms with Crippen molar-refractivity contribution < 1.29 is 23.0 Å². The minimum atomic E-state index is -3.47. The Hall–Kier alpha value is -1.18. The van der Waals surface area contributed by atoms with Crippen molar-refractivity contribution in [2.75, 3.05) is 18.2 Å². The van der Waals surface area contributed by atoms with Crippen LogP contribution >= 0.6 is 0 Å². The van der Waals surface area contributed by atoms with E-state index in [-0.39, 0.29) is 17.2 Å². The van der Waals surface area contributed by atoms with Crippen LogP contribution < -0.4 is 5.32 Å². The van der Waals surface area contributed by atoms with Gasteiger partial charge in [0.2, 0.25) is 0 Å². The van der Waals surface area contributed by atoms with Gasteiger partial charge in [-0.25, -0.2) is 12.8 Å². The van der Waals surface area contributed by atoms with Gasteiger partial charge in [-0.2, -0.15) is 0 Å². The first-order valence-electron chi connectivity index (χ1n) is 6.34. The van der Waals surface area contributed by atoms with E-state index in [2.05, 4.69) is 5.32 Å². The molecule has 5 nitrogen and oxygen atoms in total. The number of hydrogen-bond donors (Lipinski definition) is 3. The first kappa shape index (κ1) is 16.9. The average molecular weight is 305 g/mol. The zero-order chi connectivity index (χ0) is 15.3. The molecule has 0 aromatic heterocycles. The molecule has 114 valence electrons. The predicted octanol–water partition coefficient (Wildman–Crippen LogP) is 1.16. The van der Waals surface area contributed by atoms with Crippen molar-refractivity contribution in [2.24, 2.45) is 0 Å². The van der Waals surface area contributed by atoms with Crippen molar-refractivity contribution in [3.63, 3.8) is 0 Å². The summed E-state index contributed by atoms with van der Waals surface area (Å²) < 4.78 is 36.4. The molecule has 20 heavy (non-hydrogen) atoms. The van der Waals surface area contributed by atoms with Crippen LogP contribution in [-0.4, -0.2) is 43.6 Å². The van der Waals surface area contributed by atoms with E-state index in [0.717, 1.165) is 18.7 Å². The lowest BCUT2D eigenvalue weighted by Crippen LogP contribution is -2.37. The van der Waals surface area contributed by atoms with E-state index in [9.17, 15) is 23.0 Å². The molecule has 0 saturated carbocycles. The number of nitrogens with one attached hydrogen (secondary N) is 1. The van der Waals surface area contributed by atoms with Crippen molar-refractivity contribution in [1.29, 1.82) is 0 Å². The molecule has 0 aliphatic rings. The third-order valence-electron chi connectivity index (χ3n) is 2.96. The fourth-order valence-corrected chi connectivity index (χ4v) is 2.44. The Bertz CT molecular complexity index is 547. The molecule has 2 unspecified atom stereocenters. The van der Waals surface area contributed by atoms with Crippen molar-refractivity contribution >= 4 is 15.5 Å². The van der Waals surface area contributed by atoms with Gasteiger partial charge in [-0.3, -0.25) is 0 Å². The van der Waals surface area contributed by atoms with Gasteiger partial charge in [0, 0.05) is 6.26 Å². The number of aliphatic hydroxyl groups excluding tert-OH is 2. The van der Waals surface area contributed by atoms with Crippen LogP contribution in [0.2, 0.25) is 0 Å². The van der Waals surface area contributed by atoms with Gasteiger partial charge in [-0.05, 0) is 24.6 Å². The lowest BCUT2D eigenvalue weighted by atomic mass is 10.1. The predicted molar refractivity (Wildman–Crippen MR) is 74.9 cm³/mol. The van der Waals surface area contributed by atoms with Crippen molar-refractivity contribution in [3.8, 4) is 0 Å². The molecule has 0 saturated heterocycles. The van der Waals surface area contributed by atoms with E-state index in [4.69, 9.17) is 0 Å². The smallest absolute Gasteiger partial charge is 0.175 e. The number of anilines is 1. The molecule has 1 aromatic carbocycles. The maximum atomic E-state index is 13.8. The second kappa shape index (κ2) is 7.01. The van der Waals surface area contributed by atoms with Gasteiger partial charge in [-0.1, -0.05) is 13.3 Å². The Labute approximate surface area is 118 Å². The molecule has 2 atom stereocenters. The molecule has 0 spiro atoms. The fourth-order valence-electron chi connectivity index (χ4n) is 1.80. The maximum absolute atomic E-state index is 13.8. The summed E-state index contributed by atoms with van der Waals surface area (Å²) in [5, 5.41) is 21.7. The molecule has 0 bridgehead atoms. The Morgan fingerprint density at radius 2 is 2.05 bits per heavy atom. The largest absolute Gasteiger partial charge is 0.394 e. The van der Waals surface area contributed by atoms with Crippen LogP contribution in [0.25, 0.3) is 0 Å². The second-order valence-electron chi connectivity index (χ2n) is 4.70. The number of benzene rings is 1. The van der Waals surface area contributed by atoms with Gasteiger partial charge < -0.3 is 15.5 Å². The molecular weight excluding hydrogens is 285 g/mol. The molecule has 7 heteroatoms. The Balaban J connectivity index is 2.92. The molecule has 0 aliphatic carbocycles. The Morgan fingerprint density at radius 1 is 1.40 bits per heavy atom. The summed E-state index contributed by atoms with van der Waals surface area (Å²) in [7, 11) is -3.47. The van der Waals surface area contributed by atoms with Crippen molar-refractivity contribution in [3.05, 3.63) is 24.0 Å². The molecular formula is C13H20FNO4S. The van der Waals surface area contributed by atoms with Gasteiger partial charge in [-0.15, -0.1) is 0 Å². The first-order valence-corrected chi connectivity index (χ1v) is 8.23. The number of aliphatic hydroxyl groups is 2. The van der Waals surface area contributed by atoms with Crippen LogP contribution in [0.4, 0.5) is 10.1 Å². The van der Waals surface area contributed by atoms with Crippen LogP contribution in [-0.2, 0) is 9.84 Å². The van der Waals surface area contributed by atoms with Crippen LogP contribution in [0.3, 0.4) is 0 Å². The van der Waals surface area contributed by atoms with E-state index in [1.165, 1.54) is 12.1 Å².